The summed E-state index contributed by atoms with van der Waals surface area (Å²) in [5.41, 5.74) is -2.13. The van der Waals surface area contributed by atoms with Gasteiger partial charge in [-0.25, -0.2) is 28.3 Å². The molecular weight excluding hydrogens is 657 g/mol. The van der Waals surface area contributed by atoms with Crippen molar-refractivity contribution >= 4 is 56.4 Å². The number of carboxylic acid groups (broad SMARTS) is 1. The van der Waals surface area contributed by atoms with Crippen LogP contribution in [0.4, 0.5) is 38.1 Å². The van der Waals surface area contributed by atoms with E-state index in [4.69, 9.17) is 4.74 Å². The summed E-state index contributed by atoms with van der Waals surface area (Å²) in [6, 6.07) is 0.143. The van der Waals surface area contributed by atoms with E-state index in [1.165, 1.54) is 42.0 Å². The number of pyridine rings is 3. The van der Waals surface area contributed by atoms with Gasteiger partial charge in [-0.1, -0.05) is 0 Å². The average Bonchev–Trinajstić information content (AvgIpc) is 3.42. The summed E-state index contributed by atoms with van der Waals surface area (Å²) in [7, 11) is 2.79. The molecule has 1 aromatic carbocycles. The van der Waals surface area contributed by atoms with Gasteiger partial charge in [0.2, 0.25) is 5.43 Å². The van der Waals surface area contributed by atoms with E-state index in [1.807, 2.05) is 0 Å². The first kappa shape index (κ1) is 33.6. The molecule has 5 heterocycles. The standard InChI is InChI=1S/C32H30F5N7O5/c1-31(2,3)49-30(48)43(5)19-9-18(33)23(34)21-22-25(44-7-6-38-20(13-44)32(35,36)37)16(11-39-27(22)41-24(19)21)14-8-15-26(45)17(29(46)47)12-42(4)28(15)40-10-14/h8-12,20,38H,6-7,13H2,1-5H3,(H,39,41)(H,46,47). The van der Waals surface area contributed by atoms with Crippen molar-refractivity contribution in [3.8, 4) is 11.1 Å². The summed E-state index contributed by atoms with van der Waals surface area (Å²) in [5.74, 6) is -4.17. The number of aryl methyl sites for hydroxylation is 1. The van der Waals surface area contributed by atoms with Gasteiger partial charge in [0.1, 0.15) is 28.5 Å². The van der Waals surface area contributed by atoms with Gasteiger partial charge in [-0.3, -0.25) is 9.69 Å². The van der Waals surface area contributed by atoms with E-state index >= 15 is 8.78 Å². The number of anilines is 2. The minimum Gasteiger partial charge on any atom is -0.477 e. The van der Waals surface area contributed by atoms with Crippen molar-refractivity contribution in [3.63, 3.8) is 0 Å². The van der Waals surface area contributed by atoms with Crippen LogP contribution < -0.4 is 20.5 Å². The van der Waals surface area contributed by atoms with E-state index in [9.17, 15) is 32.7 Å². The Morgan fingerprint density at radius 1 is 1.10 bits per heavy atom. The van der Waals surface area contributed by atoms with Gasteiger partial charge in [0.15, 0.2) is 11.6 Å². The molecule has 5 aromatic rings. The van der Waals surface area contributed by atoms with Crippen molar-refractivity contribution in [1.29, 1.82) is 0 Å². The zero-order valence-electron chi connectivity index (χ0n) is 26.8. The number of aromatic nitrogens is 4. The first-order chi connectivity index (χ1) is 22.9. The van der Waals surface area contributed by atoms with Gasteiger partial charge in [-0.15, -0.1) is 0 Å². The average molecular weight is 688 g/mol. The van der Waals surface area contributed by atoms with E-state index in [0.717, 1.165) is 17.2 Å². The lowest BCUT2D eigenvalue weighted by Gasteiger charge is -2.37. The Morgan fingerprint density at radius 3 is 2.47 bits per heavy atom. The minimum atomic E-state index is -4.66. The number of amides is 1. The highest BCUT2D eigenvalue weighted by molar-refractivity contribution is 6.19. The quantitative estimate of drug-likeness (QED) is 0.214. The van der Waals surface area contributed by atoms with Crippen LogP contribution in [0.15, 0.2) is 35.5 Å². The molecule has 1 fully saturated rings. The number of alkyl halides is 3. The zero-order valence-corrected chi connectivity index (χ0v) is 26.8. The van der Waals surface area contributed by atoms with E-state index in [0.29, 0.717) is 0 Å². The number of hydrogen-bond donors (Lipinski definition) is 3. The van der Waals surface area contributed by atoms with Crippen LogP contribution in [-0.4, -0.2) is 81.2 Å². The first-order valence-corrected chi connectivity index (χ1v) is 14.9. The SMILES string of the molecule is CN(C(=O)OC(C)(C)C)c1cc(F)c(F)c2c1[nH]c1ncc(-c3cnc4c(c3)c(=O)c(C(=O)O)cn4C)c(N3CCNC(C(F)(F)F)C3)c12. The molecule has 1 amide bonds. The number of hydrogen-bond acceptors (Lipinski definition) is 8. The molecule has 1 aliphatic rings. The van der Waals surface area contributed by atoms with Gasteiger partial charge in [0.05, 0.1) is 33.1 Å². The third-order valence-corrected chi connectivity index (χ3v) is 8.21. The van der Waals surface area contributed by atoms with Crippen molar-refractivity contribution < 1.29 is 41.4 Å². The number of ether oxygens (including phenoxy) is 1. The molecule has 17 heteroatoms. The molecule has 1 aliphatic heterocycles. The molecule has 12 nitrogen and oxygen atoms in total. The van der Waals surface area contributed by atoms with Crippen LogP contribution in [0.25, 0.3) is 44.1 Å². The molecule has 1 unspecified atom stereocenters. The molecule has 49 heavy (non-hydrogen) atoms. The second kappa shape index (κ2) is 11.7. The van der Waals surface area contributed by atoms with Crippen molar-refractivity contribution in [1.82, 2.24) is 24.8 Å². The molecule has 6 rings (SSSR count). The predicted molar refractivity (Wildman–Crippen MR) is 171 cm³/mol. The Hall–Kier alpha value is -5.32. The summed E-state index contributed by atoms with van der Waals surface area (Å²) in [5, 5.41) is 11.4. The van der Waals surface area contributed by atoms with Gasteiger partial charge in [0.25, 0.3) is 0 Å². The maximum Gasteiger partial charge on any atom is 0.414 e. The highest BCUT2D eigenvalue weighted by atomic mass is 19.4. The highest BCUT2D eigenvalue weighted by Gasteiger charge is 2.43. The highest BCUT2D eigenvalue weighted by Crippen LogP contribution is 2.44. The van der Waals surface area contributed by atoms with Crippen LogP contribution >= 0.6 is 0 Å². The summed E-state index contributed by atoms with van der Waals surface area (Å²) >= 11 is 0. The Bertz CT molecular complexity index is 2240. The zero-order chi connectivity index (χ0) is 35.7. The van der Waals surface area contributed by atoms with Crippen LogP contribution in [0.1, 0.15) is 31.1 Å². The number of nitrogens with one attached hydrogen (secondary N) is 2. The molecule has 3 N–H and O–H groups in total. The largest absolute Gasteiger partial charge is 0.477 e. The molecule has 4 aromatic heterocycles. The van der Waals surface area contributed by atoms with Gasteiger partial charge in [-0.05, 0) is 26.8 Å². The van der Waals surface area contributed by atoms with Crippen LogP contribution in [0.3, 0.4) is 0 Å². The summed E-state index contributed by atoms with van der Waals surface area (Å²) < 4.78 is 80.2. The number of carbonyl (C=O) groups excluding carboxylic acids is 1. The minimum absolute atomic E-state index is 0.00108. The van der Waals surface area contributed by atoms with E-state index in [2.05, 4.69) is 20.3 Å². The number of aromatic amines is 1. The van der Waals surface area contributed by atoms with Crippen LogP contribution in [-0.2, 0) is 11.8 Å². The number of carboxylic acids is 1. The fraction of sp³-hybridized carbons (Fsp3) is 0.344. The molecule has 0 spiro atoms. The van der Waals surface area contributed by atoms with Crippen molar-refractivity contribution in [2.45, 2.75) is 38.6 Å². The molecule has 0 bridgehead atoms. The molecule has 1 atom stereocenters. The topological polar surface area (TPSA) is 146 Å². The second-order valence-electron chi connectivity index (χ2n) is 12.7. The van der Waals surface area contributed by atoms with Gasteiger partial charge >= 0.3 is 18.2 Å². The Morgan fingerprint density at radius 2 is 1.82 bits per heavy atom. The number of aromatic carboxylic acids is 1. The maximum absolute atomic E-state index is 16.0. The van der Waals surface area contributed by atoms with E-state index in [1.54, 1.807) is 20.8 Å². The number of piperazine rings is 1. The summed E-state index contributed by atoms with van der Waals surface area (Å²) in [6.45, 7) is 4.12. The molecule has 258 valence electrons. The Balaban J connectivity index is 1.67. The number of H-pyrrole nitrogens is 1. The normalized spacial score (nSPS) is 15.7. The van der Waals surface area contributed by atoms with Crippen LogP contribution in [0.2, 0.25) is 0 Å². The van der Waals surface area contributed by atoms with E-state index in [-0.39, 0.29) is 68.6 Å². The third-order valence-electron chi connectivity index (χ3n) is 8.21. The number of rotatable bonds is 4. The fourth-order valence-electron chi connectivity index (χ4n) is 5.99. The monoisotopic (exact) mass is 687 g/mol. The fourth-order valence-corrected chi connectivity index (χ4v) is 5.99. The first-order valence-electron chi connectivity index (χ1n) is 14.9. The lowest BCUT2D eigenvalue weighted by atomic mass is 10.00. The van der Waals surface area contributed by atoms with E-state index < -0.39 is 59.1 Å². The molecule has 0 aliphatic carbocycles. The number of fused-ring (bicyclic) bond motifs is 4. The molecule has 1 saturated heterocycles. The number of nitrogens with zero attached hydrogens (tertiary/aromatic N) is 5. The predicted octanol–water partition coefficient (Wildman–Crippen LogP) is 5.32. The van der Waals surface area contributed by atoms with Crippen LogP contribution in [0, 0.1) is 11.6 Å². The van der Waals surface area contributed by atoms with Crippen LogP contribution in [0.5, 0.6) is 0 Å². The third kappa shape index (κ3) is 5.87. The summed E-state index contributed by atoms with van der Waals surface area (Å²) in [6.07, 6.45) is -1.81. The van der Waals surface area contributed by atoms with Gasteiger partial charge in [0, 0.05) is 69.5 Å². The second-order valence-corrected chi connectivity index (χ2v) is 12.7. The summed E-state index contributed by atoms with van der Waals surface area (Å²) in [4.78, 5) is 51.9. The number of halogens is 5. The van der Waals surface area contributed by atoms with Crippen molar-refractivity contribution in [2.24, 2.45) is 7.05 Å². The Kier molecular flexibility index (Phi) is 8.00. The maximum atomic E-state index is 16.0. The van der Waals surface area contributed by atoms with Crippen molar-refractivity contribution in [3.05, 3.63) is 58.1 Å². The van der Waals surface area contributed by atoms with Crippen molar-refractivity contribution in [2.75, 3.05) is 36.5 Å². The molecule has 0 saturated carbocycles. The number of benzene rings is 1. The molecule has 0 radical (unpaired) electrons. The number of carbonyl (C=O) groups is 2. The van der Waals surface area contributed by atoms with Gasteiger partial charge < -0.3 is 29.6 Å². The lowest BCUT2D eigenvalue weighted by molar-refractivity contribution is -0.155. The lowest BCUT2D eigenvalue weighted by Crippen LogP contribution is -2.57. The Labute approximate surface area is 274 Å². The molecular formula is C32H30F5N7O5. The van der Waals surface area contributed by atoms with Gasteiger partial charge in [-0.2, -0.15) is 13.2 Å². The smallest absolute Gasteiger partial charge is 0.414 e.